The van der Waals surface area contributed by atoms with Gasteiger partial charge in [0, 0.05) is 30.7 Å². The lowest BCUT2D eigenvalue weighted by Gasteiger charge is -2.31. The summed E-state index contributed by atoms with van der Waals surface area (Å²) in [6.07, 6.45) is 3.31. The van der Waals surface area contributed by atoms with Crippen LogP contribution in [0.5, 0.6) is 0 Å². The minimum atomic E-state index is 0.547. The molecule has 1 fully saturated rings. The third-order valence-electron chi connectivity index (χ3n) is 4.11. The van der Waals surface area contributed by atoms with E-state index in [0.29, 0.717) is 11.9 Å². The fraction of sp³-hybridized carbons (Fsp3) is 0.688. The summed E-state index contributed by atoms with van der Waals surface area (Å²) in [7, 11) is 2.21. The highest BCUT2D eigenvalue weighted by atomic mass is 35.5. The number of anilines is 1. The Morgan fingerprint density at radius 1 is 1.30 bits per heavy atom. The lowest BCUT2D eigenvalue weighted by Crippen LogP contribution is -2.40. The third kappa shape index (κ3) is 3.64. The van der Waals surface area contributed by atoms with Crippen molar-refractivity contribution in [3.05, 3.63) is 23.4 Å². The van der Waals surface area contributed by atoms with E-state index in [9.17, 15) is 0 Å². The fourth-order valence-electron chi connectivity index (χ4n) is 2.93. The van der Waals surface area contributed by atoms with Crippen LogP contribution in [0.25, 0.3) is 0 Å². The molecule has 0 aromatic carbocycles. The zero-order valence-corrected chi connectivity index (χ0v) is 13.7. The van der Waals surface area contributed by atoms with Gasteiger partial charge in [0.1, 0.15) is 5.82 Å². The molecule has 1 aromatic heterocycles. The minimum absolute atomic E-state index is 0.547. The number of hydrogen-bond acceptors (Lipinski definition) is 3. The van der Waals surface area contributed by atoms with Crippen molar-refractivity contribution in [2.24, 2.45) is 0 Å². The topological polar surface area (TPSA) is 19.4 Å². The first-order valence-corrected chi connectivity index (χ1v) is 8.22. The number of halogens is 1. The molecule has 1 saturated heterocycles. The average molecular weight is 296 g/mol. The van der Waals surface area contributed by atoms with Gasteiger partial charge in [-0.3, -0.25) is 0 Å². The molecule has 3 nitrogen and oxygen atoms in total. The molecule has 2 heterocycles. The summed E-state index contributed by atoms with van der Waals surface area (Å²) in [5.74, 6) is 1.68. The zero-order valence-electron chi connectivity index (χ0n) is 12.9. The average Bonchev–Trinajstić information content (AvgIpc) is 2.67. The molecule has 1 aliphatic rings. The van der Waals surface area contributed by atoms with Gasteiger partial charge in [0.05, 0.1) is 0 Å². The van der Waals surface area contributed by atoms with Gasteiger partial charge in [-0.25, -0.2) is 4.98 Å². The van der Waals surface area contributed by atoms with Crippen LogP contribution in [-0.2, 0) is 12.3 Å². The Hall–Kier alpha value is -0.800. The number of hydrogen-bond donors (Lipinski definition) is 0. The molecule has 112 valence electrons. The fourth-order valence-corrected chi connectivity index (χ4v) is 3.09. The van der Waals surface area contributed by atoms with Crippen LogP contribution >= 0.6 is 11.6 Å². The number of rotatable bonds is 4. The van der Waals surface area contributed by atoms with Gasteiger partial charge in [0.2, 0.25) is 0 Å². The zero-order chi connectivity index (χ0) is 14.5. The molecule has 0 N–H and O–H groups in total. The van der Waals surface area contributed by atoms with Crippen LogP contribution < -0.4 is 4.90 Å². The molecule has 1 aliphatic heterocycles. The molecule has 20 heavy (non-hydrogen) atoms. The van der Waals surface area contributed by atoms with Crippen LogP contribution in [0.15, 0.2) is 12.1 Å². The SMILES string of the molecule is CCc1cc(CCl)cc(N2CCCN(C)CC2CC)n1. The number of nitrogens with zero attached hydrogens (tertiary/aromatic N) is 3. The summed E-state index contributed by atoms with van der Waals surface area (Å²) in [5, 5.41) is 0. The maximum Gasteiger partial charge on any atom is 0.129 e. The third-order valence-corrected chi connectivity index (χ3v) is 4.42. The molecule has 2 rings (SSSR count). The van der Waals surface area contributed by atoms with Crippen LogP contribution in [0.2, 0.25) is 0 Å². The van der Waals surface area contributed by atoms with Crippen LogP contribution in [0.4, 0.5) is 5.82 Å². The Kier molecular flexibility index (Phi) is 5.67. The standard InChI is InChI=1S/C16H26ClN3/c1-4-14-9-13(11-17)10-16(18-14)20-8-6-7-19(3)12-15(20)5-2/h9-10,15H,4-8,11-12H2,1-3H3. The molecule has 0 bridgehead atoms. The summed E-state index contributed by atoms with van der Waals surface area (Å²) >= 11 is 6.04. The van der Waals surface area contributed by atoms with Crippen molar-refractivity contribution in [3.8, 4) is 0 Å². The van der Waals surface area contributed by atoms with E-state index in [-0.39, 0.29) is 0 Å². The quantitative estimate of drug-likeness (QED) is 0.795. The molecule has 1 atom stereocenters. The first kappa shape index (κ1) is 15.6. The van der Waals surface area contributed by atoms with Gasteiger partial charge in [-0.05, 0) is 50.6 Å². The summed E-state index contributed by atoms with van der Waals surface area (Å²) in [5.41, 5.74) is 2.33. The monoisotopic (exact) mass is 295 g/mol. The summed E-state index contributed by atoms with van der Waals surface area (Å²) < 4.78 is 0. The van der Waals surface area contributed by atoms with Gasteiger partial charge in [-0.1, -0.05) is 13.8 Å². The number of alkyl halides is 1. The van der Waals surface area contributed by atoms with E-state index in [1.807, 2.05) is 0 Å². The summed E-state index contributed by atoms with van der Waals surface area (Å²) in [4.78, 5) is 9.75. The predicted octanol–water partition coefficient (Wildman–Crippen LogP) is 3.30. The lowest BCUT2D eigenvalue weighted by molar-refractivity contribution is 0.327. The number of pyridine rings is 1. The maximum atomic E-state index is 6.04. The van der Waals surface area contributed by atoms with Crippen LogP contribution in [0.1, 0.15) is 37.9 Å². The Labute approximate surface area is 127 Å². The van der Waals surface area contributed by atoms with Gasteiger partial charge in [0.25, 0.3) is 0 Å². The molecule has 0 radical (unpaired) electrons. The molecule has 0 saturated carbocycles. The van der Waals surface area contributed by atoms with Crippen molar-refractivity contribution in [1.29, 1.82) is 0 Å². The Morgan fingerprint density at radius 3 is 2.75 bits per heavy atom. The van der Waals surface area contributed by atoms with Gasteiger partial charge in [-0.2, -0.15) is 0 Å². The molecule has 0 spiro atoms. The second-order valence-electron chi connectivity index (χ2n) is 5.68. The Bertz CT molecular complexity index is 413. The van der Waals surface area contributed by atoms with E-state index in [1.54, 1.807) is 0 Å². The van der Waals surface area contributed by atoms with Crippen molar-refractivity contribution in [1.82, 2.24) is 9.88 Å². The Balaban J connectivity index is 2.31. The van der Waals surface area contributed by atoms with Crippen molar-refractivity contribution < 1.29 is 0 Å². The van der Waals surface area contributed by atoms with E-state index >= 15 is 0 Å². The predicted molar refractivity (Wildman–Crippen MR) is 86.7 cm³/mol. The maximum absolute atomic E-state index is 6.04. The van der Waals surface area contributed by atoms with Crippen LogP contribution in [0, 0.1) is 0 Å². The molecular formula is C16H26ClN3. The highest BCUT2D eigenvalue weighted by Gasteiger charge is 2.23. The molecular weight excluding hydrogens is 270 g/mol. The molecule has 4 heteroatoms. The van der Waals surface area contributed by atoms with Gasteiger partial charge < -0.3 is 9.80 Å². The number of likely N-dealkylation sites (N-methyl/N-ethyl adjacent to an activating group) is 1. The Morgan fingerprint density at radius 2 is 2.10 bits per heavy atom. The smallest absolute Gasteiger partial charge is 0.129 e. The highest BCUT2D eigenvalue weighted by molar-refractivity contribution is 6.17. The molecule has 1 unspecified atom stereocenters. The van der Waals surface area contributed by atoms with E-state index in [2.05, 4.69) is 42.8 Å². The van der Waals surface area contributed by atoms with Gasteiger partial charge in [-0.15, -0.1) is 11.6 Å². The normalized spacial score (nSPS) is 21.0. The largest absolute Gasteiger partial charge is 0.352 e. The lowest BCUT2D eigenvalue weighted by atomic mass is 10.1. The van der Waals surface area contributed by atoms with E-state index in [4.69, 9.17) is 16.6 Å². The van der Waals surface area contributed by atoms with Crippen molar-refractivity contribution >= 4 is 17.4 Å². The molecule has 0 aliphatic carbocycles. The van der Waals surface area contributed by atoms with E-state index in [0.717, 1.165) is 37.4 Å². The molecule has 0 amide bonds. The van der Waals surface area contributed by atoms with E-state index in [1.165, 1.54) is 18.5 Å². The van der Waals surface area contributed by atoms with Gasteiger partial charge in [0.15, 0.2) is 0 Å². The highest BCUT2D eigenvalue weighted by Crippen LogP contribution is 2.23. The van der Waals surface area contributed by atoms with Crippen molar-refractivity contribution in [2.45, 2.75) is 45.0 Å². The number of aryl methyl sites for hydroxylation is 1. The first-order valence-electron chi connectivity index (χ1n) is 7.68. The van der Waals surface area contributed by atoms with Crippen LogP contribution in [-0.4, -0.2) is 42.6 Å². The minimum Gasteiger partial charge on any atom is -0.352 e. The summed E-state index contributed by atoms with van der Waals surface area (Å²) in [6.45, 7) is 7.79. The van der Waals surface area contributed by atoms with E-state index < -0.39 is 0 Å². The van der Waals surface area contributed by atoms with Crippen molar-refractivity contribution in [2.75, 3.05) is 31.6 Å². The second kappa shape index (κ2) is 7.28. The van der Waals surface area contributed by atoms with Gasteiger partial charge >= 0.3 is 0 Å². The summed E-state index contributed by atoms with van der Waals surface area (Å²) in [6, 6.07) is 4.84. The second-order valence-corrected chi connectivity index (χ2v) is 5.95. The first-order chi connectivity index (χ1) is 9.67. The van der Waals surface area contributed by atoms with Crippen LogP contribution in [0.3, 0.4) is 0 Å². The molecule has 1 aromatic rings. The number of aromatic nitrogens is 1. The van der Waals surface area contributed by atoms with Crippen molar-refractivity contribution in [3.63, 3.8) is 0 Å².